The van der Waals surface area contributed by atoms with Gasteiger partial charge in [-0.1, -0.05) is 12.1 Å². The standard InChI is InChI=1S/C20H18N2O5/c1-12-8-9-15(20(26)27)16(10-12)21-19(25)13-4-2-5-14(11-13)22-17(23)6-3-7-18(22)24/h2,4-5,8-11H,3,6-7H2,1H3,(H,21,25)(H,26,27). The average Bonchev–Trinajstić information content (AvgIpc) is 2.61. The van der Waals surface area contributed by atoms with Gasteiger partial charge in [-0.15, -0.1) is 0 Å². The number of hydrogen-bond acceptors (Lipinski definition) is 4. The van der Waals surface area contributed by atoms with E-state index in [1.165, 1.54) is 18.2 Å². The second kappa shape index (κ2) is 7.41. The van der Waals surface area contributed by atoms with E-state index in [1.54, 1.807) is 31.2 Å². The molecule has 2 aromatic rings. The number of benzene rings is 2. The number of aryl methyl sites for hydroxylation is 1. The molecule has 0 spiro atoms. The largest absolute Gasteiger partial charge is 0.478 e. The molecule has 2 N–H and O–H groups in total. The van der Waals surface area contributed by atoms with Crippen molar-refractivity contribution < 1.29 is 24.3 Å². The number of carbonyl (C=O) groups excluding carboxylic acids is 3. The van der Waals surface area contributed by atoms with E-state index in [0.717, 1.165) is 10.5 Å². The second-order valence-corrected chi connectivity index (χ2v) is 6.34. The second-order valence-electron chi connectivity index (χ2n) is 6.34. The van der Waals surface area contributed by atoms with Crippen LogP contribution in [0.4, 0.5) is 11.4 Å². The molecular weight excluding hydrogens is 348 g/mol. The van der Waals surface area contributed by atoms with Crippen LogP contribution in [0, 0.1) is 6.92 Å². The van der Waals surface area contributed by atoms with Crippen molar-refractivity contribution in [2.24, 2.45) is 0 Å². The van der Waals surface area contributed by atoms with E-state index in [0.29, 0.717) is 12.1 Å². The molecule has 138 valence electrons. The highest BCUT2D eigenvalue weighted by Gasteiger charge is 2.27. The summed E-state index contributed by atoms with van der Waals surface area (Å²) in [6, 6.07) is 10.8. The maximum Gasteiger partial charge on any atom is 0.337 e. The highest BCUT2D eigenvalue weighted by atomic mass is 16.4. The van der Waals surface area contributed by atoms with Crippen molar-refractivity contribution >= 4 is 35.1 Å². The highest BCUT2D eigenvalue weighted by molar-refractivity contribution is 6.17. The van der Waals surface area contributed by atoms with Crippen LogP contribution >= 0.6 is 0 Å². The molecule has 1 saturated heterocycles. The highest BCUT2D eigenvalue weighted by Crippen LogP contribution is 2.24. The number of nitrogens with one attached hydrogen (secondary N) is 1. The number of anilines is 2. The van der Waals surface area contributed by atoms with Crippen molar-refractivity contribution in [2.75, 3.05) is 10.2 Å². The molecule has 3 rings (SSSR count). The van der Waals surface area contributed by atoms with Crippen LogP contribution < -0.4 is 10.2 Å². The van der Waals surface area contributed by atoms with Gasteiger partial charge in [-0.25, -0.2) is 4.79 Å². The van der Waals surface area contributed by atoms with Crippen LogP contribution in [0.5, 0.6) is 0 Å². The number of carboxylic acid groups (broad SMARTS) is 1. The molecule has 0 aliphatic carbocycles. The van der Waals surface area contributed by atoms with E-state index in [4.69, 9.17) is 0 Å². The normalized spacial score (nSPS) is 14.2. The van der Waals surface area contributed by atoms with E-state index >= 15 is 0 Å². The van der Waals surface area contributed by atoms with E-state index < -0.39 is 11.9 Å². The van der Waals surface area contributed by atoms with Gasteiger partial charge in [0.15, 0.2) is 0 Å². The number of carbonyl (C=O) groups is 4. The monoisotopic (exact) mass is 366 g/mol. The summed E-state index contributed by atoms with van der Waals surface area (Å²) in [5, 5.41) is 11.9. The SMILES string of the molecule is Cc1ccc(C(=O)O)c(NC(=O)c2cccc(N3C(=O)CCCC3=O)c2)c1. The van der Waals surface area contributed by atoms with Gasteiger partial charge in [0.25, 0.3) is 5.91 Å². The number of amides is 3. The quantitative estimate of drug-likeness (QED) is 0.810. The Hall–Kier alpha value is -3.48. The van der Waals surface area contributed by atoms with E-state index in [-0.39, 0.29) is 41.5 Å². The van der Waals surface area contributed by atoms with Crippen LogP contribution in [0.15, 0.2) is 42.5 Å². The minimum atomic E-state index is -1.15. The Morgan fingerprint density at radius 3 is 2.41 bits per heavy atom. The predicted octanol–water partition coefficient (Wildman–Crippen LogP) is 2.99. The first-order chi connectivity index (χ1) is 12.9. The molecule has 0 unspecified atom stereocenters. The van der Waals surface area contributed by atoms with Crippen LogP contribution in [0.1, 0.15) is 45.5 Å². The van der Waals surface area contributed by atoms with E-state index in [9.17, 15) is 24.3 Å². The van der Waals surface area contributed by atoms with Gasteiger partial charge in [0.05, 0.1) is 16.9 Å². The van der Waals surface area contributed by atoms with Crippen molar-refractivity contribution in [3.63, 3.8) is 0 Å². The fraction of sp³-hybridized carbons (Fsp3) is 0.200. The van der Waals surface area contributed by atoms with Gasteiger partial charge in [-0.3, -0.25) is 19.3 Å². The van der Waals surface area contributed by atoms with Crippen LogP contribution in [-0.2, 0) is 9.59 Å². The van der Waals surface area contributed by atoms with Crippen LogP contribution in [-0.4, -0.2) is 28.8 Å². The van der Waals surface area contributed by atoms with Gasteiger partial charge in [0.2, 0.25) is 11.8 Å². The minimum absolute atomic E-state index is 0.0218. The molecule has 1 aliphatic rings. The Bertz CT molecular complexity index is 935. The average molecular weight is 366 g/mol. The van der Waals surface area contributed by atoms with Crippen molar-refractivity contribution in [2.45, 2.75) is 26.2 Å². The first-order valence-corrected chi connectivity index (χ1v) is 8.48. The lowest BCUT2D eigenvalue weighted by atomic mass is 10.1. The predicted molar refractivity (Wildman–Crippen MR) is 98.9 cm³/mol. The molecule has 1 heterocycles. The summed E-state index contributed by atoms with van der Waals surface area (Å²) in [6.45, 7) is 1.79. The molecule has 0 atom stereocenters. The summed E-state index contributed by atoms with van der Waals surface area (Å²) in [7, 11) is 0. The number of imide groups is 1. The van der Waals surface area contributed by atoms with Crippen LogP contribution in [0.3, 0.4) is 0 Å². The zero-order valence-electron chi connectivity index (χ0n) is 14.7. The van der Waals surface area contributed by atoms with Gasteiger partial charge in [-0.05, 0) is 49.2 Å². The van der Waals surface area contributed by atoms with Gasteiger partial charge >= 0.3 is 5.97 Å². The molecule has 27 heavy (non-hydrogen) atoms. The lowest BCUT2D eigenvalue weighted by Gasteiger charge is -2.25. The van der Waals surface area contributed by atoms with Crippen molar-refractivity contribution in [1.82, 2.24) is 0 Å². The van der Waals surface area contributed by atoms with Crippen molar-refractivity contribution in [3.05, 3.63) is 59.2 Å². The molecule has 2 aromatic carbocycles. The number of nitrogens with zero attached hydrogens (tertiary/aromatic N) is 1. The lowest BCUT2D eigenvalue weighted by Crippen LogP contribution is -2.40. The van der Waals surface area contributed by atoms with Gasteiger partial charge < -0.3 is 10.4 Å². The molecule has 0 aromatic heterocycles. The number of carboxylic acids is 1. The Morgan fingerprint density at radius 2 is 1.74 bits per heavy atom. The van der Waals surface area contributed by atoms with Gasteiger partial charge in [0.1, 0.15) is 0 Å². The molecule has 7 heteroatoms. The molecule has 0 bridgehead atoms. The van der Waals surface area contributed by atoms with E-state index in [2.05, 4.69) is 5.32 Å². The summed E-state index contributed by atoms with van der Waals surface area (Å²) >= 11 is 0. The first kappa shape index (κ1) is 18.3. The summed E-state index contributed by atoms with van der Waals surface area (Å²) in [4.78, 5) is 49.2. The maximum absolute atomic E-state index is 12.6. The number of aromatic carboxylic acids is 1. The number of piperidine rings is 1. The van der Waals surface area contributed by atoms with Crippen LogP contribution in [0.25, 0.3) is 0 Å². The Kier molecular flexibility index (Phi) is 5.03. The molecule has 1 aliphatic heterocycles. The minimum Gasteiger partial charge on any atom is -0.478 e. The molecule has 7 nitrogen and oxygen atoms in total. The number of hydrogen-bond donors (Lipinski definition) is 2. The Labute approximate surface area is 155 Å². The molecular formula is C20H18N2O5. The third-order valence-electron chi connectivity index (χ3n) is 4.30. The zero-order valence-corrected chi connectivity index (χ0v) is 14.7. The molecule has 3 amide bonds. The van der Waals surface area contributed by atoms with Gasteiger partial charge in [-0.2, -0.15) is 0 Å². The summed E-state index contributed by atoms with van der Waals surface area (Å²) in [5.41, 5.74) is 1.51. The smallest absolute Gasteiger partial charge is 0.337 e. The zero-order chi connectivity index (χ0) is 19.6. The summed E-state index contributed by atoms with van der Waals surface area (Å²) < 4.78 is 0. The topological polar surface area (TPSA) is 104 Å². The Balaban J connectivity index is 1.89. The van der Waals surface area contributed by atoms with Crippen LogP contribution in [0.2, 0.25) is 0 Å². The third kappa shape index (κ3) is 3.87. The summed E-state index contributed by atoms with van der Waals surface area (Å²) in [6.07, 6.45) is 1.10. The maximum atomic E-state index is 12.6. The first-order valence-electron chi connectivity index (χ1n) is 8.48. The Morgan fingerprint density at radius 1 is 1.04 bits per heavy atom. The van der Waals surface area contributed by atoms with E-state index in [1.807, 2.05) is 0 Å². The number of rotatable bonds is 4. The summed E-state index contributed by atoms with van der Waals surface area (Å²) in [5.74, 6) is -2.27. The van der Waals surface area contributed by atoms with Crippen molar-refractivity contribution in [3.8, 4) is 0 Å². The van der Waals surface area contributed by atoms with Crippen molar-refractivity contribution in [1.29, 1.82) is 0 Å². The molecule has 1 fully saturated rings. The third-order valence-corrected chi connectivity index (χ3v) is 4.30. The molecule has 0 saturated carbocycles. The fourth-order valence-corrected chi connectivity index (χ4v) is 2.97. The fourth-order valence-electron chi connectivity index (χ4n) is 2.97. The van der Waals surface area contributed by atoms with Gasteiger partial charge in [0, 0.05) is 18.4 Å². The molecule has 0 radical (unpaired) electrons. The lowest BCUT2D eigenvalue weighted by molar-refractivity contribution is -0.129.